The predicted octanol–water partition coefficient (Wildman–Crippen LogP) is 2.66. The zero-order chi connectivity index (χ0) is 22.9. The second-order valence-corrected chi connectivity index (χ2v) is 7.99. The van der Waals surface area contributed by atoms with Gasteiger partial charge in [-0.1, -0.05) is 16.8 Å². The van der Waals surface area contributed by atoms with E-state index in [9.17, 15) is 9.59 Å². The van der Waals surface area contributed by atoms with Gasteiger partial charge in [0.25, 0.3) is 0 Å². The number of fused-ring (bicyclic) bond motifs is 1. The van der Waals surface area contributed by atoms with Gasteiger partial charge in [0.2, 0.25) is 18.1 Å². The smallest absolute Gasteiger partial charge is 0.420 e. The highest BCUT2D eigenvalue weighted by Gasteiger charge is 2.24. The minimum atomic E-state index is -0.587. The lowest BCUT2D eigenvalue weighted by atomic mass is 10.2. The molecule has 1 saturated heterocycles. The van der Waals surface area contributed by atoms with Gasteiger partial charge in [0, 0.05) is 43.5 Å². The molecule has 33 heavy (non-hydrogen) atoms. The van der Waals surface area contributed by atoms with E-state index in [1.807, 2.05) is 12.1 Å². The van der Waals surface area contributed by atoms with Gasteiger partial charge >= 0.3 is 5.76 Å². The molecule has 0 spiro atoms. The van der Waals surface area contributed by atoms with Crippen LogP contribution in [0, 0.1) is 0 Å². The largest absolute Gasteiger partial charge is 0.495 e. The first kappa shape index (κ1) is 21.1. The van der Waals surface area contributed by atoms with Crippen molar-refractivity contribution in [3.63, 3.8) is 0 Å². The van der Waals surface area contributed by atoms with Crippen molar-refractivity contribution in [1.82, 2.24) is 19.6 Å². The third-order valence-electron chi connectivity index (χ3n) is 5.71. The number of methoxy groups -OCH3 is 1. The van der Waals surface area contributed by atoms with Gasteiger partial charge in [0.1, 0.15) is 12.3 Å². The van der Waals surface area contributed by atoms with Gasteiger partial charge in [-0.25, -0.2) is 4.79 Å². The number of amides is 1. The Labute approximate surface area is 192 Å². The van der Waals surface area contributed by atoms with Gasteiger partial charge < -0.3 is 23.5 Å². The minimum absolute atomic E-state index is 0.0951. The van der Waals surface area contributed by atoms with Crippen molar-refractivity contribution >= 4 is 34.3 Å². The lowest BCUT2D eigenvalue weighted by molar-refractivity contribution is -0.132. The van der Waals surface area contributed by atoms with Crippen LogP contribution in [0.1, 0.15) is 0 Å². The van der Waals surface area contributed by atoms with E-state index in [0.29, 0.717) is 59.4 Å². The number of benzene rings is 2. The number of oxazole rings is 1. The Balaban J connectivity index is 1.28. The molecule has 0 unspecified atom stereocenters. The van der Waals surface area contributed by atoms with Gasteiger partial charge in [-0.3, -0.25) is 9.36 Å². The van der Waals surface area contributed by atoms with Crippen LogP contribution < -0.4 is 15.4 Å². The van der Waals surface area contributed by atoms with Crippen LogP contribution in [0.25, 0.3) is 22.5 Å². The van der Waals surface area contributed by atoms with Crippen molar-refractivity contribution in [1.29, 1.82) is 0 Å². The summed E-state index contributed by atoms with van der Waals surface area (Å²) in [6, 6.07) is 10.7. The average Bonchev–Trinajstić information content (AvgIpc) is 3.47. The fourth-order valence-corrected chi connectivity index (χ4v) is 4.14. The molecule has 1 aliphatic heterocycles. The van der Waals surface area contributed by atoms with Crippen molar-refractivity contribution in [3.05, 3.63) is 58.4 Å². The highest BCUT2D eigenvalue weighted by Crippen LogP contribution is 2.30. The molecule has 1 amide bonds. The predicted molar refractivity (Wildman–Crippen MR) is 121 cm³/mol. The summed E-state index contributed by atoms with van der Waals surface area (Å²) in [5.41, 5.74) is 2.53. The van der Waals surface area contributed by atoms with E-state index in [2.05, 4.69) is 15.0 Å². The number of carbonyl (C=O) groups excluding carboxylic acids is 1. The SMILES string of the molecule is COc1cc(N2CCN(C(=O)Cn3c(=O)oc4cc(-c5ncon5)ccc43)CC2)ccc1Cl. The van der Waals surface area contributed by atoms with Gasteiger partial charge in [-0.2, -0.15) is 4.98 Å². The number of hydrogen-bond acceptors (Lipinski definition) is 8. The van der Waals surface area contributed by atoms with Crippen LogP contribution in [0.15, 0.2) is 56.5 Å². The first-order valence-electron chi connectivity index (χ1n) is 10.3. The fourth-order valence-electron chi connectivity index (χ4n) is 3.95. The third kappa shape index (κ3) is 4.05. The number of rotatable bonds is 5. The minimum Gasteiger partial charge on any atom is -0.495 e. The fraction of sp³-hybridized carbons (Fsp3) is 0.273. The van der Waals surface area contributed by atoms with E-state index >= 15 is 0 Å². The maximum atomic E-state index is 12.9. The second-order valence-electron chi connectivity index (χ2n) is 7.58. The van der Waals surface area contributed by atoms with Gasteiger partial charge in [0.15, 0.2) is 5.58 Å². The van der Waals surface area contributed by atoms with Crippen LogP contribution in [0.4, 0.5) is 5.69 Å². The summed E-state index contributed by atoms with van der Waals surface area (Å²) in [6.45, 7) is 2.30. The van der Waals surface area contributed by atoms with Crippen LogP contribution in [-0.2, 0) is 11.3 Å². The summed E-state index contributed by atoms with van der Waals surface area (Å²) in [5.74, 6) is 0.270. The number of hydrogen-bond donors (Lipinski definition) is 0. The number of aromatic nitrogens is 3. The molecule has 0 radical (unpaired) electrons. The van der Waals surface area contributed by atoms with Crippen molar-refractivity contribution in [2.24, 2.45) is 0 Å². The molecule has 1 aliphatic rings. The molecule has 4 aromatic rings. The molecule has 5 rings (SSSR count). The van der Waals surface area contributed by atoms with Crippen molar-refractivity contribution in [2.75, 3.05) is 38.2 Å². The first-order valence-corrected chi connectivity index (χ1v) is 10.7. The molecule has 0 saturated carbocycles. The summed E-state index contributed by atoms with van der Waals surface area (Å²) < 4.78 is 16.7. The highest BCUT2D eigenvalue weighted by atomic mass is 35.5. The number of halogens is 1. The second kappa shape index (κ2) is 8.62. The molecule has 10 nitrogen and oxygen atoms in total. The lowest BCUT2D eigenvalue weighted by Crippen LogP contribution is -2.50. The quantitative estimate of drug-likeness (QED) is 0.439. The lowest BCUT2D eigenvalue weighted by Gasteiger charge is -2.36. The number of nitrogens with zero attached hydrogens (tertiary/aromatic N) is 5. The molecule has 3 heterocycles. The highest BCUT2D eigenvalue weighted by molar-refractivity contribution is 6.32. The Kier molecular flexibility index (Phi) is 5.51. The summed E-state index contributed by atoms with van der Waals surface area (Å²) in [7, 11) is 1.58. The number of piperazine rings is 1. The standard InChI is InChI=1S/C22H20ClN5O5/c1-31-18-11-15(3-4-16(18)23)26-6-8-27(9-7-26)20(29)12-28-17-5-2-14(21-24-13-32-25-21)10-19(17)33-22(28)30/h2-5,10-11,13H,6-9,12H2,1H3. The van der Waals surface area contributed by atoms with Crippen LogP contribution in [0.3, 0.4) is 0 Å². The topological polar surface area (TPSA) is 107 Å². The molecule has 2 aromatic carbocycles. The maximum absolute atomic E-state index is 12.9. The van der Waals surface area contributed by atoms with Gasteiger partial charge in [-0.05, 0) is 30.3 Å². The molecular weight excluding hydrogens is 450 g/mol. The van der Waals surface area contributed by atoms with Crippen molar-refractivity contribution in [3.8, 4) is 17.1 Å². The zero-order valence-corrected chi connectivity index (χ0v) is 18.5. The molecular formula is C22H20ClN5O5. The Bertz CT molecular complexity index is 1360. The Morgan fingerprint density at radius 3 is 2.70 bits per heavy atom. The van der Waals surface area contributed by atoms with Crippen LogP contribution in [0.5, 0.6) is 5.75 Å². The number of ether oxygens (including phenoxy) is 1. The van der Waals surface area contributed by atoms with E-state index in [-0.39, 0.29) is 12.5 Å². The van der Waals surface area contributed by atoms with Crippen molar-refractivity contribution in [2.45, 2.75) is 6.54 Å². The van der Waals surface area contributed by atoms with Crippen LogP contribution in [0.2, 0.25) is 5.02 Å². The maximum Gasteiger partial charge on any atom is 0.420 e. The molecule has 0 aliphatic carbocycles. The Morgan fingerprint density at radius 1 is 1.15 bits per heavy atom. The average molecular weight is 470 g/mol. The molecule has 0 N–H and O–H groups in total. The summed E-state index contributed by atoms with van der Waals surface area (Å²) >= 11 is 6.11. The van der Waals surface area contributed by atoms with E-state index in [1.54, 1.807) is 36.3 Å². The van der Waals surface area contributed by atoms with E-state index in [0.717, 1.165) is 5.69 Å². The van der Waals surface area contributed by atoms with Crippen molar-refractivity contribution < 1.29 is 18.5 Å². The van der Waals surface area contributed by atoms with E-state index < -0.39 is 5.76 Å². The normalized spacial score (nSPS) is 14.1. The molecule has 1 fully saturated rings. The summed E-state index contributed by atoms with van der Waals surface area (Å²) in [4.78, 5) is 33.3. The molecule has 0 atom stereocenters. The zero-order valence-electron chi connectivity index (χ0n) is 17.7. The molecule has 0 bridgehead atoms. The number of carbonyl (C=O) groups is 1. The third-order valence-corrected chi connectivity index (χ3v) is 6.03. The summed E-state index contributed by atoms with van der Waals surface area (Å²) in [6.07, 6.45) is 1.22. The van der Waals surface area contributed by atoms with E-state index in [4.69, 9.17) is 25.3 Å². The van der Waals surface area contributed by atoms with Crippen LogP contribution in [-0.4, -0.2) is 58.8 Å². The molecule has 170 valence electrons. The molecule has 11 heteroatoms. The van der Waals surface area contributed by atoms with Gasteiger partial charge in [-0.15, -0.1) is 0 Å². The van der Waals surface area contributed by atoms with E-state index in [1.165, 1.54) is 11.0 Å². The summed E-state index contributed by atoms with van der Waals surface area (Å²) in [5, 5.41) is 4.34. The Hall–Kier alpha value is -3.79. The monoisotopic (exact) mass is 469 g/mol. The molecule has 2 aromatic heterocycles. The Morgan fingerprint density at radius 2 is 1.97 bits per heavy atom. The first-order chi connectivity index (χ1) is 16.0. The van der Waals surface area contributed by atoms with Crippen LogP contribution >= 0.6 is 11.6 Å². The van der Waals surface area contributed by atoms with Gasteiger partial charge in [0.05, 0.1) is 17.6 Å². The number of anilines is 1.